The Kier molecular flexibility index (Phi) is 13.1. The zero-order valence-electron chi connectivity index (χ0n) is 16.7. The van der Waals surface area contributed by atoms with Gasteiger partial charge in [0.2, 0.25) is 5.91 Å². The lowest BCUT2D eigenvalue weighted by Gasteiger charge is -2.21. The molecule has 26 heavy (non-hydrogen) atoms. The molecule has 1 amide bonds. The van der Waals surface area contributed by atoms with Gasteiger partial charge in [0.05, 0.1) is 13.1 Å². The molecule has 0 bridgehead atoms. The zero-order valence-corrected chi connectivity index (χ0v) is 19.0. The van der Waals surface area contributed by atoms with Crippen molar-refractivity contribution in [2.24, 2.45) is 4.99 Å². The van der Waals surface area contributed by atoms with Crippen molar-refractivity contribution in [3.63, 3.8) is 0 Å². The van der Waals surface area contributed by atoms with E-state index in [0.717, 1.165) is 36.7 Å². The highest BCUT2D eigenvalue weighted by molar-refractivity contribution is 14.0. The van der Waals surface area contributed by atoms with Gasteiger partial charge in [-0.2, -0.15) is 0 Å². The minimum absolute atomic E-state index is 0. The van der Waals surface area contributed by atoms with Gasteiger partial charge in [-0.3, -0.25) is 4.79 Å². The second-order valence-corrected chi connectivity index (χ2v) is 6.43. The predicted octanol–water partition coefficient (Wildman–Crippen LogP) is 3.00. The predicted molar refractivity (Wildman–Crippen MR) is 121 cm³/mol. The summed E-state index contributed by atoms with van der Waals surface area (Å²) in [5.74, 6) is 0.899. The molecule has 0 unspecified atom stereocenters. The van der Waals surface area contributed by atoms with E-state index in [4.69, 9.17) is 4.99 Å². The number of unbranched alkanes of at least 4 members (excludes halogenated alkanes) is 1. The van der Waals surface area contributed by atoms with E-state index in [2.05, 4.69) is 36.4 Å². The lowest BCUT2D eigenvalue weighted by Crippen LogP contribution is -2.39. The van der Waals surface area contributed by atoms with E-state index < -0.39 is 0 Å². The normalized spacial score (nSPS) is 11.1. The third-order valence-corrected chi connectivity index (χ3v) is 3.63. The van der Waals surface area contributed by atoms with Crippen molar-refractivity contribution in [3.8, 4) is 0 Å². The number of anilines is 1. The summed E-state index contributed by atoms with van der Waals surface area (Å²) in [5, 5.41) is 6.25. The molecule has 0 aromatic heterocycles. The summed E-state index contributed by atoms with van der Waals surface area (Å²) in [6.45, 7) is 7.04. The van der Waals surface area contributed by atoms with Crippen LogP contribution in [0.3, 0.4) is 0 Å². The Labute approximate surface area is 175 Å². The molecule has 0 fully saturated rings. The summed E-state index contributed by atoms with van der Waals surface area (Å²) in [7, 11) is 5.82. The highest BCUT2D eigenvalue weighted by Gasteiger charge is 2.06. The molecule has 0 aliphatic heterocycles. The van der Waals surface area contributed by atoms with Crippen molar-refractivity contribution in [1.82, 2.24) is 15.1 Å². The van der Waals surface area contributed by atoms with Gasteiger partial charge in [-0.25, -0.2) is 4.99 Å². The fourth-order valence-electron chi connectivity index (χ4n) is 2.37. The molecule has 0 radical (unpaired) electrons. The van der Waals surface area contributed by atoms with Crippen LogP contribution in [0, 0.1) is 0 Å². The Morgan fingerprint density at radius 2 is 1.92 bits per heavy atom. The van der Waals surface area contributed by atoms with Crippen molar-refractivity contribution in [3.05, 3.63) is 29.8 Å². The number of rotatable bonds is 9. The van der Waals surface area contributed by atoms with Gasteiger partial charge in [0, 0.05) is 25.8 Å². The number of nitrogens with one attached hydrogen (secondary N) is 2. The number of guanidine groups is 1. The Balaban J connectivity index is 0.00000625. The van der Waals surface area contributed by atoms with Crippen LogP contribution >= 0.6 is 24.0 Å². The first kappa shape index (κ1) is 24.7. The van der Waals surface area contributed by atoms with Crippen LogP contribution in [-0.4, -0.2) is 62.4 Å². The van der Waals surface area contributed by atoms with Gasteiger partial charge < -0.3 is 20.4 Å². The van der Waals surface area contributed by atoms with E-state index in [1.54, 1.807) is 0 Å². The fourth-order valence-corrected chi connectivity index (χ4v) is 2.37. The molecule has 0 saturated heterocycles. The average Bonchev–Trinajstić information content (AvgIpc) is 2.56. The molecule has 0 aliphatic rings. The minimum atomic E-state index is -0.0155. The Morgan fingerprint density at radius 1 is 1.19 bits per heavy atom. The summed E-state index contributed by atoms with van der Waals surface area (Å²) in [6, 6.07) is 7.86. The number of hydrogen-bond acceptors (Lipinski definition) is 3. The zero-order chi connectivity index (χ0) is 18.7. The maximum atomic E-state index is 11.9. The van der Waals surface area contributed by atoms with Crippen LogP contribution in [0.15, 0.2) is 29.3 Å². The Bertz CT molecular complexity index is 563. The van der Waals surface area contributed by atoms with Crippen molar-refractivity contribution in [1.29, 1.82) is 0 Å². The molecule has 1 aromatic carbocycles. The van der Waals surface area contributed by atoms with Crippen molar-refractivity contribution in [2.75, 3.05) is 46.1 Å². The van der Waals surface area contributed by atoms with Crippen LogP contribution in [-0.2, 0) is 11.3 Å². The lowest BCUT2D eigenvalue weighted by molar-refractivity contribution is -0.116. The molecule has 0 spiro atoms. The largest absolute Gasteiger partial charge is 0.357 e. The first-order valence-electron chi connectivity index (χ1n) is 8.99. The summed E-state index contributed by atoms with van der Waals surface area (Å²) in [4.78, 5) is 20.6. The number of nitrogens with zero attached hydrogens (tertiary/aromatic N) is 3. The van der Waals surface area contributed by atoms with Crippen LogP contribution in [0.4, 0.5) is 5.69 Å². The maximum Gasteiger partial charge on any atom is 0.238 e. The molecule has 7 heteroatoms. The van der Waals surface area contributed by atoms with Crippen LogP contribution in [0.5, 0.6) is 0 Å². The van der Waals surface area contributed by atoms with E-state index >= 15 is 0 Å². The van der Waals surface area contributed by atoms with Gasteiger partial charge in [-0.15, -0.1) is 24.0 Å². The average molecular weight is 475 g/mol. The van der Waals surface area contributed by atoms with Gasteiger partial charge in [-0.05, 0) is 45.1 Å². The van der Waals surface area contributed by atoms with Crippen molar-refractivity contribution >= 4 is 41.5 Å². The highest BCUT2D eigenvalue weighted by Crippen LogP contribution is 2.12. The third kappa shape index (κ3) is 9.96. The SMILES string of the molecule is CCCCN(C)C(=NCc1cccc(NC(=O)CN(C)C)c1)NCC.I. The Morgan fingerprint density at radius 3 is 2.54 bits per heavy atom. The van der Waals surface area contributed by atoms with E-state index in [0.29, 0.717) is 13.1 Å². The fraction of sp³-hybridized carbons (Fsp3) is 0.579. The monoisotopic (exact) mass is 475 g/mol. The van der Waals surface area contributed by atoms with E-state index in [-0.39, 0.29) is 29.9 Å². The summed E-state index contributed by atoms with van der Waals surface area (Å²) in [5.41, 5.74) is 1.88. The van der Waals surface area contributed by atoms with Crippen LogP contribution < -0.4 is 10.6 Å². The first-order valence-corrected chi connectivity index (χ1v) is 8.99. The molecule has 2 N–H and O–H groups in total. The number of carbonyl (C=O) groups excluding carboxylic acids is 1. The molecular formula is C19H34IN5O. The number of aliphatic imine (C=N–C) groups is 1. The number of carbonyl (C=O) groups is 1. The summed E-state index contributed by atoms with van der Waals surface area (Å²) >= 11 is 0. The first-order chi connectivity index (χ1) is 12.0. The van der Waals surface area contributed by atoms with Crippen LogP contribution in [0.25, 0.3) is 0 Å². The number of halogens is 1. The summed E-state index contributed by atoms with van der Waals surface area (Å²) < 4.78 is 0. The summed E-state index contributed by atoms with van der Waals surface area (Å²) in [6.07, 6.45) is 2.31. The lowest BCUT2D eigenvalue weighted by atomic mass is 10.2. The molecule has 1 aromatic rings. The molecule has 0 atom stereocenters. The second kappa shape index (κ2) is 13.8. The molecule has 0 aliphatic carbocycles. The van der Waals surface area contributed by atoms with E-state index in [9.17, 15) is 4.79 Å². The van der Waals surface area contributed by atoms with Gasteiger partial charge in [-0.1, -0.05) is 25.5 Å². The molecular weight excluding hydrogens is 441 g/mol. The Hall–Kier alpha value is -1.35. The smallest absolute Gasteiger partial charge is 0.238 e. The van der Waals surface area contributed by atoms with Crippen molar-refractivity contribution < 1.29 is 4.79 Å². The number of likely N-dealkylation sites (N-methyl/N-ethyl adjacent to an activating group) is 1. The molecule has 1 rings (SSSR count). The maximum absolute atomic E-state index is 11.9. The molecule has 148 valence electrons. The van der Waals surface area contributed by atoms with Crippen LogP contribution in [0.1, 0.15) is 32.3 Å². The number of benzene rings is 1. The molecule has 0 heterocycles. The van der Waals surface area contributed by atoms with Crippen molar-refractivity contribution in [2.45, 2.75) is 33.2 Å². The number of amides is 1. The van der Waals surface area contributed by atoms with E-state index in [1.165, 1.54) is 6.42 Å². The topological polar surface area (TPSA) is 60.0 Å². The standard InChI is InChI=1S/C19H33N5O.HI/c1-6-8-12-24(5)19(20-7-2)21-14-16-10-9-11-17(13-16)22-18(25)15-23(3)4;/h9-11,13H,6-8,12,14-15H2,1-5H3,(H,20,21)(H,22,25);1H. The molecule has 6 nitrogen and oxygen atoms in total. The van der Waals surface area contributed by atoms with Gasteiger partial charge in [0.25, 0.3) is 0 Å². The number of hydrogen-bond donors (Lipinski definition) is 2. The third-order valence-electron chi connectivity index (χ3n) is 3.63. The second-order valence-electron chi connectivity index (χ2n) is 6.43. The van der Waals surface area contributed by atoms with Gasteiger partial charge >= 0.3 is 0 Å². The minimum Gasteiger partial charge on any atom is -0.357 e. The van der Waals surface area contributed by atoms with Gasteiger partial charge in [0.1, 0.15) is 0 Å². The van der Waals surface area contributed by atoms with Crippen LogP contribution in [0.2, 0.25) is 0 Å². The van der Waals surface area contributed by atoms with Gasteiger partial charge in [0.15, 0.2) is 5.96 Å². The van der Waals surface area contributed by atoms with E-state index in [1.807, 2.05) is 43.3 Å². The quantitative estimate of drug-likeness (QED) is 0.328. The highest BCUT2D eigenvalue weighted by atomic mass is 127. The molecule has 0 saturated carbocycles.